The highest BCUT2D eigenvalue weighted by molar-refractivity contribution is 5.82. The lowest BCUT2D eigenvalue weighted by Gasteiger charge is -2.24. The first kappa shape index (κ1) is 22.2. The molecule has 1 rings (SSSR count). The largest absolute Gasteiger partial charge is 0.461 e. The van der Waals surface area contributed by atoms with Crippen LogP contribution in [0.1, 0.15) is 65.2 Å². The van der Waals surface area contributed by atoms with Crippen LogP contribution in [0.4, 0.5) is 0 Å². The van der Waals surface area contributed by atoms with Crippen LogP contribution in [0.2, 0.25) is 0 Å². The van der Waals surface area contributed by atoms with Gasteiger partial charge in [-0.3, -0.25) is 9.59 Å². The monoisotopic (exact) mass is 362 g/mol. The van der Waals surface area contributed by atoms with Crippen molar-refractivity contribution in [1.29, 1.82) is 0 Å². The summed E-state index contributed by atoms with van der Waals surface area (Å²) in [5.74, 6) is -1.51. The molecule has 2 atom stereocenters. The molecule has 0 fully saturated rings. The third-order valence-electron chi connectivity index (χ3n) is 4.46. The molecule has 0 aromatic carbocycles. The van der Waals surface area contributed by atoms with Gasteiger partial charge in [-0.25, -0.2) is 0 Å². The summed E-state index contributed by atoms with van der Waals surface area (Å²) in [5.41, 5.74) is 0. The van der Waals surface area contributed by atoms with Gasteiger partial charge in [0.15, 0.2) is 0 Å². The Kier molecular flexibility index (Phi) is 12.2. The second kappa shape index (κ2) is 14.3. The van der Waals surface area contributed by atoms with Crippen molar-refractivity contribution in [2.75, 3.05) is 13.2 Å². The Labute approximate surface area is 158 Å². The van der Waals surface area contributed by atoms with Crippen LogP contribution < -0.4 is 0 Å². The van der Waals surface area contributed by atoms with Crippen molar-refractivity contribution in [3.05, 3.63) is 36.5 Å². The molecule has 0 aromatic rings. The van der Waals surface area contributed by atoms with E-state index < -0.39 is 11.8 Å². The fourth-order valence-electron chi connectivity index (χ4n) is 2.83. The van der Waals surface area contributed by atoms with Crippen LogP contribution in [0.15, 0.2) is 36.5 Å². The van der Waals surface area contributed by atoms with Gasteiger partial charge in [-0.2, -0.15) is 0 Å². The third-order valence-corrected chi connectivity index (χ3v) is 4.46. The lowest BCUT2D eigenvalue weighted by atomic mass is 9.83. The summed E-state index contributed by atoms with van der Waals surface area (Å²) in [5, 5.41) is 0. The number of hydrogen-bond acceptors (Lipinski definition) is 4. The van der Waals surface area contributed by atoms with E-state index in [2.05, 4.69) is 13.8 Å². The van der Waals surface area contributed by atoms with Gasteiger partial charge in [-0.15, -0.1) is 0 Å². The summed E-state index contributed by atoms with van der Waals surface area (Å²) in [6, 6.07) is 0. The van der Waals surface area contributed by atoms with Crippen molar-refractivity contribution in [2.45, 2.75) is 65.2 Å². The summed E-state index contributed by atoms with van der Waals surface area (Å²) in [6.07, 6.45) is 19.3. The van der Waals surface area contributed by atoms with E-state index in [1.807, 2.05) is 36.5 Å². The Balaban J connectivity index is 2.41. The Morgan fingerprint density at radius 3 is 1.62 bits per heavy atom. The molecule has 4 heteroatoms. The summed E-state index contributed by atoms with van der Waals surface area (Å²) in [6.45, 7) is 4.82. The summed E-state index contributed by atoms with van der Waals surface area (Å²) in [7, 11) is 0. The molecular weight excluding hydrogens is 328 g/mol. The van der Waals surface area contributed by atoms with Crippen molar-refractivity contribution >= 4 is 11.9 Å². The smallest absolute Gasteiger partial charge is 0.310 e. The first-order chi connectivity index (χ1) is 12.7. The average Bonchev–Trinajstić information content (AvgIpc) is 2.67. The molecule has 2 unspecified atom stereocenters. The summed E-state index contributed by atoms with van der Waals surface area (Å²) in [4.78, 5) is 24.7. The van der Waals surface area contributed by atoms with E-state index in [4.69, 9.17) is 9.47 Å². The van der Waals surface area contributed by atoms with E-state index in [9.17, 15) is 9.59 Å². The predicted octanol–water partition coefficient (Wildman–Crippen LogP) is 5.15. The second-order valence-electron chi connectivity index (χ2n) is 6.64. The molecule has 0 bridgehead atoms. The fourth-order valence-corrected chi connectivity index (χ4v) is 2.83. The van der Waals surface area contributed by atoms with Gasteiger partial charge in [0.05, 0.1) is 11.8 Å². The molecule has 4 nitrogen and oxygen atoms in total. The topological polar surface area (TPSA) is 52.6 Å². The quantitative estimate of drug-likeness (QED) is 0.274. The third kappa shape index (κ3) is 9.02. The van der Waals surface area contributed by atoms with Gasteiger partial charge in [0, 0.05) is 0 Å². The van der Waals surface area contributed by atoms with Crippen molar-refractivity contribution < 1.29 is 19.1 Å². The van der Waals surface area contributed by atoms with E-state index in [0.29, 0.717) is 12.8 Å². The first-order valence-corrected chi connectivity index (χ1v) is 9.98. The highest BCUT2D eigenvalue weighted by Gasteiger charge is 2.36. The number of unbranched alkanes of at least 4 members (excludes halogenated alkanes) is 4. The molecule has 0 radical (unpaired) electrons. The Hall–Kier alpha value is -1.84. The van der Waals surface area contributed by atoms with Gasteiger partial charge < -0.3 is 9.47 Å². The number of rotatable bonds is 12. The minimum absolute atomic E-state index is 0.269. The van der Waals surface area contributed by atoms with Crippen molar-refractivity contribution in [2.24, 2.45) is 11.8 Å². The summed E-state index contributed by atoms with van der Waals surface area (Å²) >= 11 is 0. The minimum Gasteiger partial charge on any atom is -0.461 e. The highest BCUT2D eigenvalue weighted by atomic mass is 16.5. The number of carbonyl (C=O) groups excluding carboxylic acids is 2. The van der Waals surface area contributed by atoms with Gasteiger partial charge >= 0.3 is 11.9 Å². The molecule has 0 saturated carbocycles. The number of allylic oxidation sites excluding steroid dienone is 4. The zero-order valence-corrected chi connectivity index (χ0v) is 16.3. The number of carbonyl (C=O) groups is 2. The highest BCUT2D eigenvalue weighted by Crippen LogP contribution is 2.28. The van der Waals surface area contributed by atoms with Crippen LogP contribution in [-0.4, -0.2) is 25.2 Å². The molecule has 0 saturated heterocycles. The van der Waals surface area contributed by atoms with E-state index in [-0.39, 0.29) is 25.2 Å². The van der Waals surface area contributed by atoms with Crippen molar-refractivity contribution in [3.8, 4) is 0 Å². The molecule has 0 heterocycles. The maximum Gasteiger partial charge on any atom is 0.310 e. The molecule has 0 aromatic heterocycles. The van der Waals surface area contributed by atoms with E-state index in [0.717, 1.165) is 38.5 Å². The molecular formula is C22H34O4. The number of hydrogen-bond donors (Lipinski definition) is 0. The van der Waals surface area contributed by atoms with Crippen LogP contribution in [0.5, 0.6) is 0 Å². The van der Waals surface area contributed by atoms with Crippen molar-refractivity contribution in [1.82, 2.24) is 0 Å². The minimum atomic E-state index is -0.444. The molecule has 1 aliphatic rings. The molecule has 146 valence electrons. The van der Waals surface area contributed by atoms with Crippen LogP contribution in [-0.2, 0) is 19.1 Å². The second-order valence-corrected chi connectivity index (χ2v) is 6.64. The van der Waals surface area contributed by atoms with Gasteiger partial charge in [0.2, 0.25) is 0 Å². The van der Waals surface area contributed by atoms with Crippen LogP contribution in [0.3, 0.4) is 0 Å². The fraction of sp³-hybridized carbons (Fsp3) is 0.636. The van der Waals surface area contributed by atoms with Crippen LogP contribution in [0.25, 0.3) is 0 Å². The van der Waals surface area contributed by atoms with Crippen LogP contribution >= 0.6 is 0 Å². The average molecular weight is 363 g/mol. The first-order valence-electron chi connectivity index (χ1n) is 9.98. The number of ether oxygens (including phenoxy) is 2. The standard InChI is InChI=1S/C22H34O4/c1-3-5-7-9-13-17-25-21(23)19-15-11-12-16-20(19)22(24)26-18-14-10-8-6-4-2/h9-14,19-20H,3-8,15-18H2,1-2H3/b13-9+,14-10+. The van der Waals surface area contributed by atoms with E-state index in [1.54, 1.807) is 0 Å². The zero-order chi connectivity index (χ0) is 19.0. The van der Waals surface area contributed by atoms with Crippen molar-refractivity contribution in [3.63, 3.8) is 0 Å². The maximum absolute atomic E-state index is 12.3. The molecule has 1 aliphatic carbocycles. The Morgan fingerprint density at radius 2 is 1.23 bits per heavy atom. The summed E-state index contributed by atoms with van der Waals surface area (Å²) < 4.78 is 10.7. The predicted molar refractivity (Wildman–Crippen MR) is 105 cm³/mol. The molecule has 0 aliphatic heterocycles. The Morgan fingerprint density at radius 1 is 0.808 bits per heavy atom. The van der Waals surface area contributed by atoms with Crippen LogP contribution in [0, 0.1) is 11.8 Å². The molecule has 0 amide bonds. The zero-order valence-electron chi connectivity index (χ0n) is 16.3. The maximum atomic E-state index is 12.3. The molecule has 0 N–H and O–H groups in total. The normalized spacial score (nSPS) is 19.9. The SMILES string of the molecule is CCCC/C=C/COC(=O)C1CC=CCC1C(=O)OC/C=C/CCCC. The lowest BCUT2D eigenvalue weighted by Crippen LogP contribution is -2.33. The number of esters is 2. The molecule has 26 heavy (non-hydrogen) atoms. The van der Waals surface area contributed by atoms with E-state index >= 15 is 0 Å². The van der Waals surface area contributed by atoms with Gasteiger partial charge in [-0.1, -0.05) is 76.0 Å². The van der Waals surface area contributed by atoms with Gasteiger partial charge in [-0.05, 0) is 25.7 Å². The van der Waals surface area contributed by atoms with Gasteiger partial charge in [0.1, 0.15) is 13.2 Å². The Bertz CT molecular complexity index is 446. The van der Waals surface area contributed by atoms with E-state index in [1.165, 1.54) is 0 Å². The lowest BCUT2D eigenvalue weighted by molar-refractivity contribution is -0.159. The molecule has 0 spiro atoms. The van der Waals surface area contributed by atoms with Gasteiger partial charge in [0.25, 0.3) is 0 Å².